The fourth-order valence-corrected chi connectivity index (χ4v) is 2.40. The van der Waals surface area contributed by atoms with Gasteiger partial charge >= 0.3 is 0 Å². The first-order valence-electron chi connectivity index (χ1n) is 4.89. The van der Waals surface area contributed by atoms with Crippen LogP contribution in [0.1, 0.15) is 34.1 Å². The highest BCUT2D eigenvalue weighted by molar-refractivity contribution is 5.05. The summed E-state index contributed by atoms with van der Waals surface area (Å²) in [5.41, 5.74) is -0.421. The van der Waals surface area contributed by atoms with Crippen molar-refractivity contribution in [3.8, 4) is 0 Å². The van der Waals surface area contributed by atoms with E-state index in [1.807, 2.05) is 20.9 Å². The lowest BCUT2D eigenvalue weighted by molar-refractivity contribution is 0.0472. The predicted molar refractivity (Wildman–Crippen MR) is 53.7 cm³/mol. The Kier molecular flexibility index (Phi) is 2.70. The molecule has 0 aromatic rings. The van der Waals surface area contributed by atoms with E-state index in [1.165, 1.54) is 0 Å². The van der Waals surface area contributed by atoms with Crippen molar-refractivity contribution in [3.63, 3.8) is 0 Å². The highest BCUT2D eigenvalue weighted by Crippen LogP contribution is 2.30. The minimum Gasteiger partial charge on any atom is -0.314 e. The van der Waals surface area contributed by atoms with E-state index in [9.17, 15) is 4.39 Å². The van der Waals surface area contributed by atoms with Gasteiger partial charge in [-0.15, -0.1) is 0 Å². The molecule has 1 fully saturated rings. The summed E-state index contributed by atoms with van der Waals surface area (Å²) in [4.78, 5) is 0. The van der Waals surface area contributed by atoms with Crippen LogP contribution in [0.3, 0.4) is 0 Å². The molecule has 0 spiro atoms. The molecule has 1 heterocycles. The van der Waals surface area contributed by atoms with Gasteiger partial charge in [0.1, 0.15) is 6.17 Å². The summed E-state index contributed by atoms with van der Waals surface area (Å²) < 4.78 is 13.8. The highest BCUT2D eigenvalue weighted by atomic mass is 19.1. The van der Waals surface area contributed by atoms with E-state index in [0.717, 1.165) is 6.42 Å². The van der Waals surface area contributed by atoms with Gasteiger partial charge in [0.15, 0.2) is 0 Å². The zero-order valence-corrected chi connectivity index (χ0v) is 9.24. The number of alkyl halides is 1. The summed E-state index contributed by atoms with van der Waals surface area (Å²) in [6.07, 6.45) is -0.000741. The van der Waals surface area contributed by atoms with Gasteiger partial charge in [0, 0.05) is 17.1 Å². The van der Waals surface area contributed by atoms with Gasteiger partial charge in [-0.25, -0.2) is 4.39 Å². The first-order chi connectivity index (χ1) is 5.78. The number of halogens is 1. The molecule has 0 aromatic heterocycles. The molecule has 1 rings (SSSR count). The zero-order valence-electron chi connectivity index (χ0n) is 9.24. The molecule has 2 atom stereocenters. The van der Waals surface area contributed by atoms with E-state index in [4.69, 9.17) is 0 Å². The van der Waals surface area contributed by atoms with Crippen LogP contribution in [0.15, 0.2) is 0 Å². The fraction of sp³-hybridized carbons (Fsp3) is 1.00. The third-order valence-electron chi connectivity index (χ3n) is 2.80. The Hall–Kier alpha value is -0.150. The maximum Gasteiger partial charge on any atom is 0.133 e. The van der Waals surface area contributed by atoms with Gasteiger partial charge < -0.3 is 10.6 Å². The number of hydrogen-bond donors (Lipinski definition) is 2. The van der Waals surface area contributed by atoms with Crippen molar-refractivity contribution in [1.82, 2.24) is 10.6 Å². The Morgan fingerprint density at radius 3 is 2.31 bits per heavy atom. The minimum atomic E-state index is -0.828. The van der Waals surface area contributed by atoms with Gasteiger partial charge in [-0.3, -0.25) is 0 Å². The first kappa shape index (κ1) is 10.9. The molecule has 0 aliphatic carbocycles. The molecular formula is C10H21FN2. The summed E-state index contributed by atoms with van der Waals surface area (Å²) in [5.74, 6) is 0. The van der Waals surface area contributed by atoms with E-state index in [0.29, 0.717) is 0 Å². The van der Waals surface area contributed by atoms with E-state index in [2.05, 4.69) is 24.5 Å². The minimum absolute atomic E-state index is 0.0137. The quantitative estimate of drug-likeness (QED) is 0.651. The number of nitrogens with one attached hydrogen (secondary N) is 2. The van der Waals surface area contributed by atoms with E-state index in [1.54, 1.807) is 0 Å². The van der Waals surface area contributed by atoms with Crippen LogP contribution in [0.4, 0.5) is 4.39 Å². The van der Waals surface area contributed by atoms with Crippen LogP contribution in [-0.4, -0.2) is 30.3 Å². The number of piperidine rings is 1. The van der Waals surface area contributed by atoms with Gasteiger partial charge in [0.25, 0.3) is 0 Å². The molecule has 0 amide bonds. The third-order valence-corrected chi connectivity index (χ3v) is 2.80. The molecule has 0 radical (unpaired) electrons. The normalized spacial score (nSPS) is 37.4. The molecule has 13 heavy (non-hydrogen) atoms. The van der Waals surface area contributed by atoms with Crippen molar-refractivity contribution in [3.05, 3.63) is 0 Å². The van der Waals surface area contributed by atoms with Gasteiger partial charge in [0.2, 0.25) is 0 Å². The topological polar surface area (TPSA) is 24.1 Å². The molecule has 0 saturated carbocycles. The molecule has 78 valence electrons. The molecule has 1 saturated heterocycles. The summed E-state index contributed by atoms with van der Waals surface area (Å²) in [5, 5.41) is 6.38. The lowest BCUT2D eigenvalue weighted by Crippen LogP contribution is -2.68. The molecule has 0 bridgehead atoms. The van der Waals surface area contributed by atoms with Gasteiger partial charge in [0.05, 0.1) is 0 Å². The third kappa shape index (κ3) is 2.20. The highest BCUT2D eigenvalue weighted by Gasteiger charge is 2.45. The zero-order chi connectivity index (χ0) is 10.3. The van der Waals surface area contributed by atoms with Crippen LogP contribution >= 0.6 is 0 Å². The van der Waals surface area contributed by atoms with Crippen molar-refractivity contribution in [2.45, 2.75) is 57.4 Å². The van der Waals surface area contributed by atoms with Crippen molar-refractivity contribution in [2.75, 3.05) is 7.05 Å². The molecule has 2 N–H and O–H groups in total. The van der Waals surface area contributed by atoms with Crippen LogP contribution in [0.25, 0.3) is 0 Å². The van der Waals surface area contributed by atoms with Crippen LogP contribution in [-0.2, 0) is 0 Å². The lowest BCUT2D eigenvalue weighted by atomic mass is 9.78. The summed E-state index contributed by atoms with van der Waals surface area (Å²) in [6, 6.07) is -0.0359. The summed E-state index contributed by atoms with van der Waals surface area (Å²) in [7, 11) is 1.83. The second-order valence-electron chi connectivity index (χ2n) is 5.23. The Balaban J connectivity index is 2.81. The Morgan fingerprint density at radius 1 is 1.31 bits per heavy atom. The second kappa shape index (κ2) is 3.21. The largest absolute Gasteiger partial charge is 0.314 e. The Morgan fingerprint density at radius 2 is 1.85 bits per heavy atom. The van der Waals surface area contributed by atoms with Crippen molar-refractivity contribution in [1.29, 1.82) is 0 Å². The second-order valence-corrected chi connectivity index (χ2v) is 5.23. The molecule has 2 nitrogen and oxygen atoms in total. The van der Waals surface area contributed by atoms with Gasteiger partial charge in [-0.1, -0.05) is 0 Å². The first-order valence-corrected chi connectivity index (χ1v) is 4.89. The Bertz CT molecular complexity index is 189. The molecule has 0 aromatic carbocycles. The monoisotopic (exact) mass is 188 g/mol. The SMILES string of the molecule is CN[C@@H]1CC(C)(C)NC(C)(C)[C@@H]1F. The fourth-order valence-electron chi connectivity index (χ4n) is 2.40. The van der Waals surface area contributed by atoms with Crippen molar-refractivity contribution < 1.29 is 4.39 Å². The Labute approximate surface area is 80.3 Å². The van der Waals surface area contributed by atoms with Crippen LogP contribution in [0.5, 0.6) is 0 Å². The predicted octanol–water partition coefficient (Wildman–Crippen LogP) is 1.46. The van der Waals surface area contributed by atoms with Gasteiger partial charge in [-0.2, -0.15) is 0 Å². The average Bonchev–Trinajstić information content (AvgIpc) is 1.95. The summed E-state index contributed by atoms with van der Waals surface area (Å²) in [6.45, 7) is 8.07. The smallest absolute Gasteiger partial charge is 0.133 e. The van der Waals surface area contributed by atoms with Crippen LogP contribution < -0.4 is 10.6 Å². The summed E-state index contributed by atoms with van der Waals surface area (Å²) >= 11 is 0. The van der Waals surface area contributed by atoms with E-state index >= 15 is 0 Å². The van der Waals surface area contributed by atoms with Crippen LogP contribution in [0.2, 0.25) is 0 Å². The molecular weight excluding hydrogens is 167 g/mol. The number of rotatable bonds is 1. The molecule has 1 aliphatic heterocycles. The standard InChI is InChI=1S/C10H21FN2/c1-9(2)6-7(12-5)8(11)10(3,4)13-9/h7-8,12-13H,6H2,1-5H3/t7-,8-/m1/s1. The van der Waals surface area contributed by atoms with E-state index < -0.39 is 11.7 Å². The molecule has 0 unspecified atom stereocenters. The average molecular weight is 188 g/mol. The van der Waals surface area contributed by atoms with Crippen molar-refractivity contribution in [2.24, 2.45) is 0 Å². The maximum absolute atomic E-state index is 13.8. The van der Waals surface area contributed by atoms with Crippen LogP contribution in [0, 0.1) is 0 Å². The lowest BCUT2D eigenvalue weighted by Gasteiger charge is -2.48. The van der Waals surface area contributed by atoms with Gasteiger partial charge in [-0.05, 0) is 41.2 Å². The molecule has 3 heteroatoms. The number of hydrogen-bond acceptors (Lipinski definition) is 2. The molecule has 1 aliphatic rings. The van der Waals surface area contributed by atoms with Crippen molar-refractivity contribution >= 4 is 0 Å². The van der Waals surface area contributed by atoms with E-state index in [-0.39, 0.29) is 11.6 Å². The maximum atomic E-state index is 13.8.